The Morgan fingerprint density at radius 2 is 1.66 bits per heavy atom. The van der Waals surface area contributed by atoms with Gasteiger partial charge in [0.1, 0.15) is 5.54 Å². The normalized spacial score (nSPS) is 36.1. The van der Waals surface area contributed by atoms with E-state index in [2.05, 4.69) is 71.0 Å². The van der Waals surface area contributed by atoms with Crippen LogP contribution in [-0.4, -0.2) is 40.9 Å². The van der Waals surface area contributed by atoms with E-state index in [0.717, 1.165) is 57.5 Å². The molecule has 2 aliphatic carbocycles. The number of fused-ring (bicyclic) bond motifs is 1. The molecule has 2 aromatic carbocycles. The molecule has 5 aliphatic rings. The van der Waals surface area contributed by atoms with Gasteiger partial charge in [0.05, 0.1) is 5.92 Å². The number of hydrogen-bond donors (Lipinski definition) is 2. The minimum atomic E-state index is -0.828. The lowest BCUT2D eigenvalue weighted by molar-refractivity contribution is -0.154. The van der Waals surface area contributed by atoms with Crippen molar-refractivity contribution in [1.82, 2.24) is 15.5 Å². The Hall–Kier alpha value is -2.66. The Kier molecular flexibility index (Phi) is 5.92. The third-order valence-corrected chi connectivity index (χ3v) is 9.33. The van der Waals surface area contributed by atoms with Gasteiger partial charge in [-0.15, -0.1) is 0 Å². The van der Waals surface area contributed by atoms with Gasteiger partial charge in [0, 0.05) is 31.1 Å². The van der Waals surface area contributed by atoms with E-state index in [1.165, 1.54) is 11.1 Å². The van der Waals surface area contributed by atoms with Gasteiger partial charge in [0.25, 0.3) is 0 Å². The molecule has 2 amide bonds. The zero-order chi connectivity index (χ0) is 24.0. The molecule has 5 heteroatoms. The molecular weight excluding hydrogens is 434 g/mol. The summed E-state index contributed by atoms with van der Waals surface area (Å²) in [5, 5.41) is 6.73. The van der Waals surface area contributed by atoms with Gasteiger partial charge in [-0.2, -0.15) is 0 Å². The average molecular weight is 472 g/mol. The second-order valence-electron chi connectivity index (χ2n) is 11.6. The van der Waals surface area contributed by atoms with Gasteiger partial charge in [-0.1, -0.05) is 67.6 Å². The summed E-state index contributed by atoms with van der Waals surface area (Å²) < 4.78 is 0. The molecule has 0 unspecified atom stereocenters. The molecule has 3 saturated heterocycles. The Labute approximate surface area is 208 Å². The van der Waals surface area contributed by atoms with Crippen LogP contribution in [0.25, 0.3) is 0 Å². The predicted octanol–water partition coefficient (Wildman–Crippen LogP) is 3.93. The maximum atomic E-state index is 14.1. The molecule has 5 nitrogen and oxygen atoms in total. The molecule has 2 saturated carbocycles. The van der Waals surface area contributed by atoms with Crippen LogP contribution in [0.1, 0.15) is 50.2 Å². The standard InChI is InChI=1S/C30H37N3O2/c1-20-12-14-24(15-13-20)31-29(35)30-17-23-19-33(18-22-10-6-3-7-11-22)27(26(23)28(34)32-30)25(30)16-21-8-4-2-5-9-21/h2-11,20,23-27H,12-19H2,1H3,(H,31,35)(H,32,34)/t20?,23-,24?,25-,26-,27-,30+/m1/s1. The molecule has 0 radical (unpaired) electrons. The fraction of sp³-hybridized carbons (Fsp3) is 0.533. The molecule has 2 aromatic rings. The minimum absolute atomic E-state index is 0.0300. The molecule has 5 fully saturated rings. The van der Waals surface area contributed by atoms with Crippen LogP contribution in [0.2, 0.25) is 0 Å². The van der Waals surface area contributed by atoms with E-state index in [-0.39, 0.29) is 41.7 Å². The molecule has 0 spiro atoms. The number of carbonyl (C=O) groups is 2. The second-order valence-corrected chi connectivity index (χ2v) is 11.6. The number of carbonyl (C=O) groups excluding carboxylic acids is 2. The first-order valence-corrected chi connectivity index (χ1v) is 13.5. The van der Waals surface area contributed by atoms with Gasteiger partial charge in [-0.05, 0) is 61.5 Å². The summed E-state index contributed by atoms with van der Waals surface area (Å²) in [6, 6.07) is 21.4. The van der Waals surface area contributed by atoms with E-state index >= 15 is 0 Å². The predicted molar refractivity (Wildman–Crippen MR) is 136 cm³/mol. The maximum Gasteiger partial charge on any atom is 0.246 e. The third-order valence-electron chi connectivity index (χ3n) is 9.33. The third kappa shape index (κ3) is 4.08. The van der Waals surface area contributed by atoms with Gasteiger partial charge in [0.2, 0.25) is 11.8 Å². The van der Waals surface area contributed by atoms with Crippen LogP contribution in [-0.2, 0) is 22.6 Å². The smallest absolute Gasteiger partial charge is 0.246 e. The van der Waals surface area contributed by atoms with Crippen LogP contribution in [0.15, 0.2) is 60.7 Å². The summed E-state index contributed by atoms with van der Waals surface area (Å²) in [6.07, 6.45) is 5.95. The number of benzene rings is 2. The monoisotopic (exact) mass is 471 g/mol. The molecule has 5 atom stereocenters. The van der Waals surface area contributed by atoms with Crippen molar-refractivity contribution in [3.8, 4) is 0 Å². The number of piperidine rings is 2. The van der Waals surface area contributed by atoms with E-state index in [9.17, 15) is 9.59 Å². The zero-order valence-electron chi connectivity index (χ0n) is 20.7. The van der Waals surface area contributed by atoms with Crippen molar-refractivity contribution in [3.63, 3.8) is 0 Å². The van der Waals surface area contributed by atoms with Crippen molar-refractivity contribution in [2.75, 3.05) is 6.54 Å². The lowest BCUT2D eigenvalue weighted by atomic mass is 9.57. The van der Waals surface area contributed by atoms with Gasteiger partial charge >= 0.3 is 0 Å². The summed E-state index contributed by atoms with van der Waals surface area (Å²) in [5.74, 6) is 1.13. The summed E-state index contributed by atoms with van der Waals surface area (Å²) >= 11 is 0. The van der Waals surface area contributed by atoms with E-state index in [4.69, 9.17) is 0 Å². The first-order chi connectivity index (χ1) is 17.0. The fourth-order valence-electron chi connectivity index (χ4n) is 7.60. The molecule has 3 heterocycles. The number of likely N-dealkylation sites (tertiary alicyclic amines) is 1. The van der Waals surface area contributed by atoms with Crippen molar-refractivity contribution in [1.29, 1.82) is 0 Å². The van der Waals surface area contributed by atoms with E-state index in [1.54, 1.807) is 0 Å². The number of rotatable bonds is 6. The Balaban J connectivity index is 1.33. The van der Waals surface area contributed by atoms with Crippen molar-refractivity contribution >= 4 is 11.8 Å². The Morgan fingerprint density at radius 1 is 1.00 bits per heavy atom. The molecule has 2 N–H and O–H groups in total. The van der Waals surface area contributed by atoms with Crippen LogP contribution in [0.5, 0.6) is 0 Å². The first kappa shape index (κ1) is 22.8. The largest absolute Gasteiger partial charge is 0.351 e. The van der Waals surface area contributed by atoms with E-state index in [0.29, 0.717) is 0 Å². The fourth-order valence-corrected chi connectivity index (χ4v) is 7.60. The van der Waals surface area contributed by atoms with Crippen LogP contribution in [0.3, 0.4) is 0 Å². The van der Waals surface area contributed by atoms with Crippen molar-refractivity contribution < 1.29 is 9.59 Å². The van der Waals surface area contributed by atoms with Gasteiger partial charge in [-0.25, -0.2) is 0 Å². The highest BCUT2D eigenvalue weighted by Crippen LogP contribution is 2.53. The topological polar surface area (TPSA) is 61.4 Å². The molecule has 184 valence electrons. The van der Waals surface area contributed by atoms with Gasteiger partial charge < -0.3 is 10.6 Å². The number of amides is 2. The molecular formula is C30H37N3O2. The number of nitrogens with zero attached hydrogens (tertiary/aromatic N) is 1. The Bertz CT molecular complexity index is 1070. The van der Waals surface area contributed by atoms with Crippen LogP contribution < -0.4 is 10.6 Å². The minimum Gasteiger partial charge on any atom is -0.351 e. The summed E-state index contributed by atoms with van der Waals surface area (Å²) in [5.41, 5.74) is 1.68. The van der Waals surface area contributed by atoms with E-state index in [1.807, 2.05) is 12.1 Å². The second kappa shape index (κ2) is 9.09. The summed E-state index contributed by atoms with van der Waals surface area (Å²) in [4.78, 5) is 30.1. The van der Waals surface area contributed by atoms with Gasteiger partial charge in [-0.3, -0.25) is 14.5 Å². The SMILES string of the molecule is CC1CCC(NC(=O)[C@@]23C[C@@H]4CN(Cc5ccccc5)[C@@H]([C@@H]4C(=O)N2)[C@H]3Cc2ccccc2)CC1. The average Bonchev–Trinajstić information content (AvgIpc) is 3.17. The molecule has 0 aromatic heterocycles. The van der Waals surface area contributed by atoms with Crippen molar-refractivity contribution in [3.05, 3.63) is 71.8 Å². The highest BCUT2D eigenvalue weighted by molar-refractivity contribution is 5.96. The molecule has 35 heavy (non-hydrogen) atoms. The molecule has 4 bridgehead atoms. The quantitative estimate of drug-likeness (QED) is 0.671. The van der Waals surface area contributed by atoms with Crippen LogP contribution >= 0.6 is 0 Å². The van der Waals surface area contributed by atoms with E-state index < -0.39 is 5.54 Å². The molecule has 3 aliphatic heterocycles. The van der Waals surface area contributed by atoms with Gasteiger partial charge in [0.15, 0.2) is 0 Å². The number of hydrogen-bond acceptors (Lipinski definition) is 3. The Morgan fingerprint density at radius 3 is 2.34 bits per heavy atom. The summed E-state index contributed by atoms with van der Waals surface area (Å²) in [7, 11) is 0. The number of nitrogens with one attached hydrogen (secondary N) is 2. The van der Waals surface area contributed by atoms with Crippen molar-refractivity contribution in [2.24, 2.45) is 23.7 Å². The van der Waals surface area contributed by atoms with Crippen molar-refractivity contribution in [2.45, 2.75) is 69.6 Å². The first-order valence-electron chi connectivity index (χ1n) is 13.5. The highest BCUT2D eigenvalue weighted by atomic mass is 16.2. The maximum absolute atomic E-state index is 14.1. The van der Waals surface area contributed by atoms with Crippen LogP contribution in [0.4, 0.5) is 0 Å². The molecule has 7 rings (SSSR count). The van der Waals surface area contributed by atoms with Crippen LogP contribution in [0, 0.1) is 23.7 Å². The lowest BCUT2D eigenvalue weighted by Crippen LogP contribution is -2.76. The lowest BCUT2D eigenvalue weighted by Gasteiger charge is -2.55. The highest BCUT2D eigenvalue weighted by Gasteiger charge is 2.68. The summed E-state index contributed by atoms with van der Waals surface area (Å²) in [6.45, 7) is 4.02. The zero-order valence-corrected chi connectivity index (χ0v) is 20.7.